The standard InChI is InChI=1S/C20H14F3N3O2/c21-20(22,23)14-6-8-16(9-7-14)26-19(28)17-12-13(10-11-24-17)18(27)25-15-4-2-1-3-5-15/h1-12H,(H,25,27)(H,26,28). The molecule has 8 heteroatoms. The molecule has 0 saturated heterocycles. The summed E-state index contributed by atoms with van der Waals surface area (Å²) in [6, 6.07) is 15.6. The van der Waals surface area contributed by atoms with Crippen molar-refractivity contribution in [3.63, 3.8) is 0 Å². The fourth-order valence-electron chi connectivity index (χ4n) is 2.36. The number of rotatable bonds is 4. The van der Waals surface area contributed by atoms with Crippen LogP contribution in [0.5, 0.6) is 0 Å². The summed E-state index contributed by atoms with van der Waals surface area (Å²) >= 11 is 0. The molecule has 0 aliphatic rings. The predicted molar refractivity (Wildman–Crippen MR) is 98.0 cm³/mol. The second kappa shape index (κ2) is 7.91. The maximum Gasteiger partial charge on any atom is 0.416 e. The molecule has 142 valence electrons. The minimum atomic E-state index is -4.45. The van der Waals surface area contributed by atoms with Crippen LogP contribution in [0.3, 0.4) is 0 Å². The van der Waals surface area contributed by atoms with E-state index in [-0.39, 0.29) is 16.9 Å². The van der Waals surface area contributed by atoms with Crippen LogP contribution < -0.4 is 10.6 Å². The van der Waals surface area contributed by atoms with Gasteiger partial charge in [-0.1, -0.05) is 18.2 Å². The van der Waals surface area contributed by atoms with Crippen molar-refractivity contribution in [2.75, 3.05) is 10.6 Å². The fraction of sp³-hybridized carbons (Fsp3) is 0.0500. The van der Waals surface area contributed by atoms with Gasteiger partial charge in [0, 0.05) is 23.1 Å². The fourth-order valence-corrected chi connectivity index (χ4v) is 2.36. The Morgan fingerprint density at radius 1 is 0.786 bits per heavy atom. The summed E-state index contributed by atoms with van der Waals surface area (Å²) < 4.78 is 37.8. The van der Waals surface area contributed by atoms with E-state index >= 15 is 0 Å². The van der Waals surface area contributed by atoms with Crippen molar-refractivity contribution in [1.29, 1.82) is 0 Å². The third-order valence-corrected chi connectivity index (χ3v) is 3.76. The summed E-state index contributed by atoms with van der Waals surface area (Å²) in [5.41, 5.74) is 0.138. The van der Waals surface area contributed by atoms with Crippen molar-refractivity contribution in [3.05, 3.63) is 89.7 Å². The summed E-state index contributed by atoms with van der Waals surface area (Å²) in [5, 5.41) is 5.14. The maximum atomic E-state index is 12.6. The lowest BCUT2D eigenvalue weighted by molar-refractivity contribution is -0.137. The van der Waals surface area contributed by atoms with E-state index in [9.17, 15) is 22.8 Å². The van der Waals surface area contributed by atoms with Crippen molar-refractivity contribution in [2.24, 2.45) is 0 Å². The molecule has 2 N–H and O–H groups in total. The number of pyridine rings is 1. The average molecular weight is 385 g/mol. The van der Waals surface area contributed by atoms with E-state index in [1.165, 1.54) is 18.3 Å². The molecule has 0 aliphatic heterocycles. The van der Waals surface area contributed by atoms with Gasteiger partial charge in [-0.05, 0) is 48.5 Å². The van der Waals surface area contributed by atoms with Gasteiger partial charge in [-0.25, -0.2) is 0 Å². The number of alkyl halides is 3. The summed E-state index contributed by atoms with van der Waals surface area (Å²) in [6.45, 7) is 0. The molecule has 0 atom stereocenters. The average Bonchev–Trinajstić information content (AvgIpc) is 2.68. The van der Waals surface area contributed by atoms with Crippen molar-refractivity contribution in [3.8, 4) is 0 Å². The van der Waals surface area contributed by atoms with Gasteiger partial charge >= 0.3 is 6.18 Å². The Morgan fingerprint density at radius 3 is 2.04 bits per heavy atom. The number of anilines is 2. The van der Waals surface area contributed by atoms with Crippen LogP contribution in [0, 0.1) is 0 Å². The summed E-state index contributed by atoms with van der Waals surface area (Å²) in [4.78, 5) is 28.5. The van der Waals surface area contributed by atoms with Gasteiger partial charge in [-0.15, -0.1) is 0 Å². The number of amides is 2. The molecule has 1 heterocycles. The Hall–Kier alpha value is -3.68. The largest absolute Gasteiger partial charge is 0.416 e. The molecular weight excluding hydrogens is 371 g/mol. The highest BCUT2D eigenvalue weighted by atomic mass is 19.4. The number of hydrogen-bond donors (Lipinski definition) is 2. The van der Waals surface area contributed by atoms with E-state index in [0.717, 1.165) is 24.3 Å². The third-order valence-electron chi connectivity index (χ3n) is 3.76. The van der Waals surface area contributed by atoms with Gasteiger partial charge in [0.05, 0.1) is 5.56 Å². The highest BCUT2D eigenvalue weighted by molar-refractivity contribution is 6.07. The normalized spacial score (nSPS) is 11.0. The molecule has 0 aliphatic carbocycles. The molecule has 28 heavy (non-hydrogen) atoms. The monoisotopic (exact) mass is 385 g/mol. The number of halogens is 3. The van der Waals surface area contributed by atoms with Crippen LogP contribution in [0.15, 0.2) is 72.9 Å². The first-order valence-electron chi connectivity index (χ1n) is 8.14. The lowest BCUT2D eigenvalue weighted by Gasteiger charge is -2.09. The first-order valence-corrected chi connectivity index (χ1v) is 8.14. The van der Waals surface area contributed by atoms with Gasteiger partial charge in [-0.3, -0.25) is 14.6 Å². The Bertz CT molecular complexity index is 988. The van der Waals surface area contributed by atoms with E-state index < -0.39 is 23.6 Å². The lowest BCUT2D eigenvalue weighted by atomic mass is 10.2. The molecule has 0 fully saturated rings. The molecule has 5 nitrogen and oxygen atoms in total. The van der Waals surface area contributed by atoms with Crippen LogP contribution in [0.1, 0.15) is 26.4 Å². The number of benzene rings is 2. The van der Waals surface area contributed by atoms with Gasteiger partial charge in [-0.2, -0.15) is 13.2 Å². The first kappa shape index (κ1) is 19.1. The van der Waals surface area contributed by atoms with E-state index in [1.54, 1.807) is 24.3 Å². The summed E-state index contributed by atoms with van der Waals surface area (Å²) in [7, 11) is 0. The number of nitrogens with zero attached hydrogens (tertiary/aromatic N) is 1. The van der Waals surface area contributed by atoms with Crippen LogP contribution >= 0.6 is 0 Å². The molecule has 0 unspecified atom stereocenters. The van der Waals surface area contributed by atoms with Crippen molar-refractivity contribution in [2.45, 2.75) is 6.18 Å². The van der Waals surface area contributed by atoms with Gasteiger partial charge in [0.1, 0.15) is 5.69 Å². The van der Waals surface area contributed by atoms with E-state index in [0.29, 0.717) is 5.69 Å². The van der Waals surface area contributed by atoms with Crippen LogP contribution in [0.25, 0.3) is 0 Å². The Morgan fingerprint density at radius 2 is 1.39 bits per heavy atom. The molecule has 1 aromatic heterocycles. The topological polar surface area (TPSA) is 71.1 Å². The summed E-state index contributed by atoms with van der Waals surface area (Å²) in [5.74, 6) is -1.06. The Kier molecular flexibility index (Phi) is 5.39. The number of carbonyl (C=O) groups is 2. The van der Waals surface area contributed by atoms with Gasteiger partial charge < -0.3 is 10.6 Å². The molecule has 2 amide bonds. The van der Waals surface area contributed by atoms with Crippen molar-refractivity contribution < 1.29 is 22.8 Å². The van der Waals surface area contributed by atoms with Crippen LogP contribution in [0.4, 0.5) is 24.5 Å². The third kappa shape index (κ3) is 4.73. The molecule has 0 radical (unpaired) electrons. The maximum absolute atomic E-state index is 12.6. The van der Waals surface area contributed by atoms with Crippen LogP contribution in [-0.2, 0) is 6.18 Å². The molecule has 0 bridgehead atoms. The number of para-hydroxylation sites is 1. The van der Waals surface area contributed by atoms with E-state index in [4.69, 9.17) is 0 Å². The SMILES string of the molecule is O=C(Nc1ccccc1)c1ccnc(C(=O)Nc2ccc(C(F)(F)F)cc2)c1. The van der Waals surface area contributed by atoms with Gasteiger partial charge in [0.15, 0.2) is 0 Å². The van der Waals surface area contributed by atoms with E-state index in [2.05, 4.69) is 15.6 Å². The van der Waals surface area contributed by atoms with Gasteiger partial charge in [0.2, 0.25) is 0 Å². The zero-order valence-corrected chi connectivity index (χ0v) is 14.3. The number of hydrogen-bond acceptors (Lipinski definition) is 3. The Labute approximate surface area is 158 Å². The van der Waals surface area contributed by atoms with Crippen molar-refractivity contribution >= 4 is 23.2 Å². The van der Waals surface area contributed by atoms with Gasteiger partial charge in [0.25, 0.3) is 11.8 Å². The molecule has 2 aromatic carbocycles. The molecule has 0 spiro atoms. The minimum absolute atomic E-state index is 0.0411. The van der Waals surface area contributed by atoms with Crippen LogP contribution in [-0.4, -0.2) is 16.8 Å². The highest BCUT2D eigenvalue weighted by Gasteiger charge is 2.30. The zero-order chi connectivity index (χ0) is 20.1. The van der Waals surface area contributed by atoms with Crippen LogP contribution in [0.2, 0.25) is 0 Å². The smallest absolute Gasteiger partial charge is 0.322 e. The number of carbonyl (C=O) groups excluding carboxylic acids is 2. The number of aromatic nitrogens is 1. The number of nitrogens with one attached hydrogen (secondary N) is 2. The molecule has 3 rings (SSSR count). The second-order valence-electron chi connectivity index (χ2n) is 5.78. The highest BCUT2D eigenvalue weighted by Crippen LogP contribution is 2.29. The summed E-state index contributed by atoms with van der Waals surface area (Å²) in [6.07, 6.45) is -3.15. The molecule has 0 saturated carbocycles. The Balaban J connectivity index is 1.71. The second-order valence-corrected chi connectivity index (χ2v) is 5.78. The minimum Gasteiger partial charge on any atom is -0.322 e. The molecule has 3 aromatic rings. The predicted octanol–water partition coefficient (Wildman–Crippen LogP) is 4.61. The zero-order valence-electron chi connectivity index (χ0n) is 14.3. The molecular formula is C20H14F3N3O2. The van der Waals surface area contributed by atoms with Crippen molar-refractivity contribution in [1.82, 2.24) is 4.98 Å². The van der Waals surface area contributed by atoms with E-state index in [1.807, 2.05) is 6.07 Å². The first-order chi connectivity index (χ1) is 13.3. The quantitative estimate of drug-likeness (QED) is 0.689. The lowest BCUT2D eigenvalue weighted by Crippen LogP contribution is -2.17.